The van der Waals surface area contributed by atoms with Gasteiger partial charge in [0.25, 0.3) is 5.91 Å². The highest BCUT2D eigenvalue weighted by atomic mass is 32.1. The molecule has 0 saturated carbocycles. The summed E-state index contributed by atoms with van der Waals surface area (Å²) in [6, 6.07) is 1.89. The van der Waals surface area contributed by atoms with Crippen molar-refractivity contribution >= 4 is 17.4 Å². The number of rotatable bonds is 7. The zero-order chi connectivity index (χ0) is 12.7. The maximum atomic E-state index is 12.2. The number of aryl methyl sites for hydroxylation is 1. The monoisotopic (exact) mass is 254 g/mol. The Morgan fingerprint density at radius 1 is 1.29 bits per heavy atom. The number of amides is 1. The zero-order valence-corrected chi connectivity index (χ0v) is 11.8. The third-order valence-corrected chi connectivity index (χ3v) is 3.39. The van der Waals surface area contributed by atoms with Gasteiger partial charge in [-0.05, 0) is 37.4 Å². The van der Waals surface area contributed by atoms with E-state index in [1.54, 1.807) is 0 Å². The molecule has 1 heterocycles. The van der Waals surface area contributed by atoms with Crippen LogP contribution in [0, 0.1) is 6.92 Å². The van der Waals surface area contributed by atoms with Gasteiger partial charge in [0.2, 0.25) is 0 Å². The summed E-state index contributed by atoms with van der Waals surface area (Å²) >= 11 is 1.40. The van der Waals surface area contributed by atoms with Crippen LogP contribution in [-0.4, -0.2) is 28.3 Å². The lowest BCUT2D eigenvalue weighted by atomic mass is 10.2. The zero-order valence-electron chi connectivity index (χ0n) is 11.0. The van der Waals surface area contributed by atoms with Crippen LogP contribution < -0.4 is 0 Å². The van der Waals surface area contributed by atoms with E-state index in [1.807, 2.05) is 17.9 Å². The Balaban J connectivity index is 2.64. The lowest BCUT2D eigenvalue weighted by molar-refractivity contribution is 0.0746. The number of unbranched alkanes of at least 4 members (excludes halogenated alkanes) is 2. The topological polar surface area (TPSA) is 33.2 Å². The summed E-state index contributed by atoms with van der Waals surface area (Å²) in [6.07, 6.45) is 4.37. The van der Waals surface area contributed by atoms with Crippen LogP contribution in [0.15, 0.2) is 6.07 Å². The number of hydrogen-bond acceptors (Lipinski definition) is 3. The van der Waals surface area contributed by atoms with Gasteiger partial charge in [-0.2, -0.15) is 4.37 Å². The molecular formula is C13H22N2OS. The lowest BCUT2D eigenvalue weighted by Crippen LogP contribution is -2.33. The van der Waals surface area contributed by atoms with Crippen LogP contribution in [0.2, 0.25) is 0 Å². The van der Waals surface area contributed by atoms with E-state index in [2.05, 4.69) is 18.2 Å². The van der Waals surface area contributed by atoms with E-state index in [0.717, 1.165) is 43.6 Å². The molecule has 0 aliphatic heterocycles. The molecule has 0 unspecified atom stereocenters. The Morgan fingerprint density at radius 2 is 1.88 bits per heavy atom. The summed E-state index contributed by atoms with van der Waals surface area (Å²) in [5, 5.41) is 0. The predicted octanol–water partition coefficient (Wildman–Crippen LogP) is 3.49. The molecule has 0 N–H and O–H groups in total. The van der Waals surface area contributed by atoms with E-state index in [9.17, 15) is 4.79 Å². The first-order valence-electron chi connectivity index (χ1n) is 6.41. The van der Waals surface area contributed by atoms with Crippen LogP contribution >= 0.6 is 11.5 Å². The molecule has 1 amide bonds. The summed E-state index contributed by atoms with van der Waals surface area (Å²) in [6.45, 7) is 7.99. The minimum absolute atomic E-state index is 0.0938. The summed E-state index contributed by atoms with van der Waals surface area (Å²) < 4.78 is 4.20. The highest BCUT2D eigenvalue weighted by molar-refractivity contribution is 7.05. The van der Waals surface area contributed by atoms with Crippen molar-refractivity contribution in [2.24, 2.45) is 0 Å². The summed E-state index contributed by atoms with van der Waals surface area (Å²) in [7, 11) is 0. The molecule has 1 aromatic heterocycles. The van der Waals surface area contributed by atoms with Gasteiger partial charge in [0.15, 0.2) is 0 Å². The van der Waals surface area contributed by atoms with Gasteiger partial charge in [0, 0.05) is 18.0 Å². The Bertz CT molecular complexity index is 341. The Labute approximate surface area is 108 Å². The SMILES string of the molecule is CCCCN(CCCC)C(=O)c1cc(C)sn1. The van der Waals surface area contributed by atoms with Crippen molar-refractivity contribution in [2.45, 2.75) is 46.5 Å². The third-order valence-electron chi connectivity index (χ3n) is 2.70. The van der Waals surface area contributed by atoms with Gasteiger partial charge in [-0.25, -0.2) is 0 Å². The van der Waals surface area contributed by atoms with Gasteiger partial charge < -0.3 is 4.90 Å². The van der Waals surface area contributed by atoms with Gasteiger partial charge in [-0.3, -0.25) is 4.79 Å². The molecule has 0 spiro atoms. The fourth-order valence-corrected chi connectivity index (χ4v) is 2.18. The van der Waals surface area contributed by atoms with Gasteiger partial charge >= 0.3 is 0 Å². The van der Waals surface area contributed by atoms with Crippen LogP contribution in [0.5, 0.6) is 0 Å². The second kappa shape index (κ2) is 7.43. The predicted molar refractivity (Wildman–Crippen MR) is 72.6 cm³/mol. The lowest BCUT2D eigenvalue weighted by Gasteiger charge is -2.21. The standard InChI is InChI=1S/C13H22N2OS/c1-4-6-8-15(9-7-5-2)13(16)12-10-11(3)17-14-12/h10H,4-9H2,1-3H3. The molecule has 0 aliphatic rings. The average molecular weight is 254 g/mol. The van der Waals surface area contributed by atoms with Gasteiger partial charge in [-0.15, -0.1) is 0 Å². The van der Waals surface area contributed by atoms with Crippen molar-refractivity contribution in [1.82, 2.24) is 9.27 Å². The molecule has 0 saturated heterocycles. The first-order chi connectivity index (χ1) is 8.19. The molecule has 0 aromatic carbocycles. The molecule has 1 aromatic rings. The van der Waals surface area contributed by atoms with Crippen molar-refractivity contribution in [2.75, 3.05) is 13.1 Å². The molecular weight excluding hydrogens is 232 g/mol. The van der Waals surface area contributed by atoms with Crippen molar-refractivity contribution < 1.29 is 4.79 Å². The Morgan fingerprint density at radius 3 is 2.29 bits per heavy atom. The van der Waals surface area contributed by atoms with Crippen LogP contribution in [-0.2, 0) is 0 Å². The van der Waals surface area contributed by atoms with Crippen molar-refractivity contribution in [3.8, 4) is 0 Å². The molecule has 0 bridgehead atoms. The van der Waals surface area contributed by atoms with E-state index in [1.165, 1.54) is 11.5 Å². The van der Waals surface area contributed by atoms with Crippen LogP contribution in [0.1, 0.15) is 54.9 Å². The van der Waals surface area contributed by atoms with E-state index < -0.39 is 0 Å². The first kappa shape index (κ1) is 14.2. The largest absolute Gasteiger partial charge is 0.337 e. The maximum Gasteiger partial charge on any atom is 0.273 e. The minimum Gasteiger partial charge on any atom is -0.337 e. The fraction of sp³-hybridized carbons (Fsp3) is 0.692. The van der Waals surface area contributed by atoms with Gasteiger partial charge in [0.05, 0.1) is 0 Å². The van der Waals surface area contributed by atoms with E-state index in [-0.39, 0.29) is 5.91 Å². The summed E-state index contributed by atoms with van der Waals surface area (Å²) in [5.41, 5.74) is 0.611. The average Bonchev–Trinajstić information content (AvgIpc) is 2.75. The quantitative estimate of drug-likeness (QED) is 0.746. The molecule has 0 fully saturated rings. The van der Waals surface area contributed by atoms with Gasteiger partial charge in [-0.1, -0.05) is 26.7 Å². The molecule has 1 rings (SSSR count). The second-order valence-corrected chi connectivity index (χ2v) is 5.33. The molecule has 0 radical (unpaired) electrons. The van der Waals surface area contributed by atoms with Gasteiger partial charge in [0.1, 0.15) is 5.69 Å². The smallest absolute Gasteiger partial charge is 0.273 e. The summed E-state index contributed by atoms with van der Waals surface area (Å²) in [5.74, 6) is 0.0938. The molecule has 96 valence electrons. The van der Waals surface area contributed by atoms with Crippen molar-refractivity contribution in [3.63, 3.8) is 0 Å². The fourth-order valence-electron chi connectivity index (χ4n) is 1.64. The van der Waals surface area contributed by atoms with Crippen LogP contribution in [0.3, 0.4) is 0 Å². The number of aromatic nitrogens is 1. The maximum absolute atomic E-state index is 12.2. The first-order valence-corrected chi connectivity index (χ1v) is 7.19. The third kappa shape index (κ3) is 4.46. The van der Waals surface area contributed by atoms with Crippen molar-refractivity contribution in [1.29, 1.82) is 0 Å². The highest BCUT2D eigenvalue weighted by Crippen LogP contribution is 2.12. The number of hydrogen-bond donors (Lipinski definition) is 0. The number of carbonyl (C=O) groups is 1. The van der Waals surface area contributed by atoms with Crippen LogP contribution in [0.4, 0.5) is 0 Å². The highest BCUT2D eigenvalue weighted by Gasteiger charge is 2.17. The van der Waals surface area contributed by atoms with E-state index in [0.29, 0.717) is 5.69 Å². The number of nitrogens with zero attached hydrogens (tertiary/aromatic N) is 2. The molecule has 0 atom stereocenters. The Kier molecular flexibility index (Phi) is 6.19. The number of carbonyl (C=O) groups excluding carboxylic acids is 1. The van der Waals surface area contributed by atoms with E-state index in [4.69, 9.17) is 0 Å². The van der Waals surface area contributed by atoms with Crippen LogP contribution in [0.25, 0.3) is 0 Å². The Hall–Kier alpha value is -0.900. The molecule has 3 nitrogen and oxygen atoms in total. The minimum atomic E-state index is 0.0938. The normalized spacial score (nSPS) is 10.5. The molecule has 0 aliphatic carbocycles. The summed E-state index contributed by atoms with van der Waals surface area (Å²) in [4.78, 5) is 15.3. The second-order valence-electron chi connectivity index (χ2n) is 4.32. The molecule has 4 heteroatoms. The molecule has 17 heavy (non-hydrogen) atoms. The van der Waals surface area contributed by atoms with E-state index >= 15 is 0 Å². The van der Waals surface area contributed by atoms with Crippen molar-refractivity contribution in [3.05, 3.63) is 16.6 Å².